The molecule has 3 aliphatic heterocycles. The highest BCUT2D eigenvalue weighted by Crippen LogP contribution is 2.75. The third-order valence-electron chi connectivity index (χ3n) is 21.9. The van der Waals surface area contributed by atoms with Crippen LogP contribution in [0, 0.1) is 70.5 Å². The highest BCUT2D eigenvalue weighted by Gasteiger charge is 2.71. The zero-order valence-corrected chi connectivity index (χ0v) is 42.1. The van der Waals surface area contributed by atoms with Crippen LogP contribution >= 0.6 is 11.8 Å². The number of thioether (sulfide) groups is 1. The molecule has 5 fully saturated rings. The summed E-state index contributed by atoms with van der Waals surface area (Å²) >= 11 is 2.37. The van der Waals surface area contributed by atoms with E-state index in [0.717, 1.165) is 30.4 Å². The van der Waals surface area contributed by atoms with Gasteiger partial charge in [0.15, 0.2) is 0 Å². The maximum atomic E-state index is 3.03. The van der Waals surface area contributed by atoms with Gasteiger partial charge in [0.2, 0.25) is 0 Å². The minimum Gasteiger partial charge on any atom is -0.344 e. The van der Waals surface area contributed by atoms with Gasteiger partial charge in [0, 0.05) is 68.9 Å². The Balaban J connectivity index is 0.830. The van der Waals surface area contributed by atoms with Crippen LogP contribution < -0.4 is 4.90 Å². The van der Waals surface area contributed by atoms with E-state index >= 15 is 0 Å². The Hall–Kier alpha value is -4.47. The van der Waals surface area contributed by atoms with Crippen LogP contribution in [0.25, 0.3) is 11.1 Å². The largest absolute Gasteiger partial charge is 0.344 e. The van der Waals surface area contributed by atoms with Crippen molar-refractivity contribution in [1.29, 1.82) is 0 Å². The van der Waals surface area contributed by atoms with Crippen LogP contribution in [0.2, 0.25) is 0 Å². The van der Waals surface area contributed by atoms with E-state index in [2.05, 4.69) is 161 Å². The Bertz CT molecular complexity index is 2870. The van der Waals surface area contributed by atoms with Crippen molar-refractivity contribution in [3.05, 3.63) is 185 Å². The number of hydrogen-bond donors (Lipinski definition) is 0. The van der Waals surface area contributed by atoms with Crippen molar-refractivity contribution >= 4 is 28.6 Å². The number of nitrogens with zero attached hydrogens (tertiary/aromatic N) is 2. The number of hydrogen-bond acceptors (Lipinski definition) is 3. The fourth-order valence-electron chi connectivity index (χ4n) is 19.5. The molecule has 3 saturated carbocycles. The number of allylic oxidation sites excluding steroid dienone is 25. The predicted octanol–water partition coefficient (Wildman–Crippen LogP) is 16.1. The van der Waals surface area contributed by atoms with Gasteiger partial charge in [-0.15, -0.1) is 11.8 Å². The number of anilines is 1. The van der Waals surface area contributed by atoms with Crippen molar-refractivity contribution in [2.75, 3.05) is 4.90 Å². The molecule has 0 aromatic heterocycles. The molecule has 15 aliphatic rings. The zero-order chi connectivity index (χ0) is 45.7. The second-order valence-corrected chi connectivity index (χ2v) is 25.9. The average molecular weight is 937 g/mol. The van der Waals surface area contributed by atoms with Crippen LogP contribution in [0.1, 0.15) is 120 Å². The minimum atomic E-state index is 0.175. The first-order chi connectivity index (χ1) is 34.8. The average Bonchev–Trinajstić information content (AvgIpc) is 4.09. The van der Waals surface area contributed by atoms with Crippen LogP contribution in [-0.4, -0.2) is 27.5 Å². The lowest BCUT2D eigenvalue weighted by atomic mass is 9.49. The van der Waals surface area contributed by atoms with Gasteiger partial charge in [0.1, 0.15) is 0 Å². The highest BCUT2D eigenvalue weighted by atomic mass is 32.2. The molecule has 12 aliphatic carbocycles. The maximum Gasteiger partial charge on any atom is 0.0519 e. The van der Waals surface area contributed by atoms with Crippen LogP contribution in [0.4, 0.5) is 5.69 Å². The molecular formula is C67H72N2S. The van der Waals surface area contributed by atoms with Gasteiger partial charge in [-0.05, 0) is 182 Å². The lowest BCUT2D eigenvalue weighted by Crippen LogP contribution is -2.57. The smallest absolute Gasteiger partial charge is 0.0519 e. The molecule has 0 bridgehead atoms. The third kappa shape index (κ3) is 5.82. The van der Waals surface area contributed by atoms with Crippen LogP contribution in [0.15, 0.2) is 174 Å². The van der Waals surface area contributed by atoms with Crippen molar-refractivity contribution < 1.29 is 0 Å². The van der Waals surface area contributed by atoms with Crippen molar-refractivity contribution in [1.82, 2.24) is 4.90 Å². The minimum absolute atomic E-state index is 0.175. The second kappa shape index (κ2) is 16.3. The van der Waals surface area contributed by atoms with Gasteiger partial charge in [-0.3, -0.25) is 0 Å². The SMILES string of the molecule is C1=CCC2C3=CCCC=C3c3cc(N(C4=CC=CC5C4C4C=CCCC4C54C5CC=CC=C5N5C6=C(C=CCC64)C4CCCCC45)C4C=CC(C5C=CC=C6C7CCCCC7SC65)CC4)ccc3C2=C1. The standard InChI is InChI=1S/C67H72N2S/c1-2-18-47-45(16-1)46-17-3-4-19-48(46)55-40-43(38-39-49(47)55)68(42-36-34-41(35-37-42)44-23-13-25-53-51-21-7-12-33-63(51)70-66(44)53)62-32-15-28-58-64(62)54-22-5-8-26-56(54)67(58)57-27-9-11-31-61(57)69-60-30-10-6-20-50(60)52-24-14-29-59(67)65(52)69/h1-2,5,9,11,13-15,17-19,22-25,28,31-32,34,36,38-42,44-45,50-51,54,56-60,63-64,66H,3-4,6-8,10,12,16,20-21,26-27,29-30,33,35,37H2. The van der Waals surface area contributed by atoms with E-state index in [1.165, 1.54) is 118 Å². The molecule has 16 rings (SSSR count). The van der Waals surface area contributed by atoms with Crippen molar-refractivity contribution in [2.45, 2.75) is 132 Å². The van der Waals surface area contributed by atoms with Gasteiger partial charge in [0.25, 0.3) is 0 Å². The summed E-state index contributed by atoms with van der Waals surface area (Å²) in [6.07, 6.45) is 73.9. The molecule has 70 heavy (non-hydrogen) atoms. The summed E-state index contributed by atoms with van der Waals surface area (Å²) in [4.78, 5) is 6.01. The molecule has 3 heteroatoms. The van der Waals surface area contributed by atoms with Gasteiger partial charge < -0.3 is 9.80 Å². The quantitative estimate of drug-likeness (QED) is 0.278. The van der Waals surface area contributed by atoms with Gasteiger partial charge in [-0.25, -0.2) is 0 Å². The number of fused-ring (bicyclic) bond motifs is 21. The summed E-state index contributed by atoms with van der Waals surface area (Å²) in [6, 6.07) is 8.81. The maximum absolute atomic E-state index is 3.03. The van der Waals surface area contributed by atoms with E-state index in [9.17, 15) is 0 Å². The first kappa shape index (κ1) is 42.1. The van der Waals surface area contributed by atoms with E-state index in [4.69, 9.17) is 0 Å². The first-order valence-corrected chi connectivity index (χ1v) is 29.7. The summed E-state index contributed by atoms with van der Waals surface area (Å²) in [6.45, 7) is 0. The van der Waals surface area contributed by atoms with Gasteiger partial charge in [-0.1, -0.05) is 147 Å². The second-order valence-electron chi connectivity index (χ2n) is 24.5. The molecular weight excluding hydrogens is 865 g/mol. The molecule has 2 nitrogen and oxygen atoms in total. The summed E-state index contributed by atoms with van der Waals surface area (Å²) in [7, 11) is 0. The molecule has 16 atom stereocenters. The third-order valence-corrected chi connectivity index (χ3v) is 23.7. The molecule has 1 aromatic rings. The number of rotatable bonds is 4. The summed E-state index contributed by atoms with van der Waals surface area (Å²) in [5.74, 6) is 6.47. The van der Waals surface area contributed by atoms with Gasteiger partial charge >= 0.3 is 0 Å². The molecule has 16 unspecified atom stereocenters. The van der Waals surface area contributed by atoms with E-state index in [1.54, 1.807) is 33.8 Å². The Kier molecular flexibility index (Phi) is 9.78. The van der Waals surface area contributed by atoms with Gasteiger partial charge in [-0.2, -0.15) is 0 Å². The topological polar surface area (TPSA) is 6.48 Å². The molecule has 356 valence electrons. The van der Waals surface area contributed by atoms with E-state index in [-0.39, 0.29) is 5.41 Å². The summed E-state index contributed by atoms with van der Waals surface area (Å²) in [5.41, 5.74) is 17.8. The van der Waals surface area contributed by atoms with Crippen LogP contribution in [-0.2, 0) is 0 Å². The lowest BCUT2D eigenvalue weighted by molar-refractivity contribution is -0.0363. The Morgan fingerprint density at radius 1 is 0.643 bits per heavy atom. The monoisotopic (exact) mass is 937 g/mol. The fourth-order valence-corrected chi connectivity index (χ4v) is 21.5. The van der Waals surface area contributed by atoms with E-state index < -0.39 is 0 Å². The van der Waals surface area contributed by atoms with Gasteiger partial charge in [0.05, 0.1) is 6.04 Å². The Labute approximate surface area is 423 Å². The molecule has 0 N–H and O–H groups in total. The number of benzene rings is 1. The molecule has 0 amide bonds. The van der Waals surface area contributed by atoms with E-state index in [0.29, 0.717) is 76.5 Å². The lowest BCUT2D eigenvalue weighted by Gasteiger charge is -2.61. The fraction of sp³-hybridized carbons (Fsp3) is 0.493. The van der Waals surface area contributed by atoms with Crippen LogP contribution in [0.3, 0.4) is 0 Å². The normalized spacial score (nSPS) is 42.6. The van der Waals surface area contributed by atoms with E-state index in [1.807, 2.05) is 0 Å². The molecule has 3 heterocycles. The highest BCUT2D eigenvalue weighted by molar-refractivity contribution is 8.01. The van der Waals surface area contributed by atoms with Crippen LogP contribution in [0.5, 0.6) is 0 Å². The molecule has 1 aromatic carbocycles. The molecule has 1 spiro atoms. The predicted molar refractivity (Wildman–Crippen MR) is 292 cm³/mol. The Morgan fingerprint density at radius 3 is 2.47 bits per heavy atom. The molecule has 0 radical (unpaired) electrons. The number of piperidine rings is 1. The summed E-state index contributed by atoms with van der Waals surface area (Å²) in [5, 5.41) is 1.52. The summed E-state index contributed by atoms with van der Waals surface area (Å²) < 4.78 is 0. The van der Waals surface area contributed by atoms with Crippen molar-refractivity contribution in [3.63, 3.8) is 0 Å². The van der Waals surface area contributed by atoms with Crippen molar-refractivity contribution in [3.8, 4) is 0 Å². The zero-order valence-electron chi connectivity index (χ0n) is 41.3. The Morgan fingerprint density at radius 2 is 1.51 bits per heavy atom. The molecule has 2 saturated heterocycles. The first-order valence-electron chi connectivity index (χ1n) is 28.8. The van der Waals surface area contributed by atoms with Crippen molar-refractivity contribution in [2.24, 2.45) is 70.5 Å².